The summed E-state index contributed by atoms with van der Waals surface area (Å²) in [5.41, 5.74) is 7.43. The van der Waals surface area contributed by atoms with E-state index in [0.717, 1.165) is 23.9 Å². The molecule has 0 bridgehead atoms. The topological polar surface area (TPSA) is 94.1 Å². The van der Waals surface area contributed by atoms with Crippen LogP contribution in [0.1, 0.15) is 25.5 Å². The van der Waals surface area contributed by atoms with Crippen molar-refractivity contribution in [2.45, 2.75) is 37.6 Å². The van der Waals surface area contributed by atoms with Gasteiger partial charge in [0.25, 0.3) is 0 Å². The van der Waals surface area contributed by atoms with Gasteiger partial charge in [-0.15, -0.1) is 0 Å². The molecule has 1 aliphatic rings. The highest BCUT2D eigenvalue weighted by Gasteiger charge is 2.32. The first-order valence-corrected chi connectivity index (χ1v) is 9.30. The molecule has 2 atom stereocenters. The van der Waals surface area contributed by atoms with Gasteiger partial charge in [-0.1, -0.05) is 0 Å². The molecule has 0 saturated carbocycles. The minimum atomic E-state index is -3.55. The summed E-state index contributed by atoms with van der Waals surface area (Å²) in [5.74, 6) is 0.204. The maximum atomic E-state index is 12.9. The Morgan fingerprint density at radius 2 is 2.17 bits per heavy atom. The van der Waals surface area contributed by atoms with E-state index in [0.29, 0.717) is 18.7 Å². The van der Waals surface area contributed by atoms with Gasteiger partial charge in [-0.3, -0.25) is 4.68 Å². The van der Waals surface area contributed by atoms with E-state index in [1.54, 1.807) is 22.1 Å². The molecule has 0 amide bonds. The lowest BCUT2D eigenvalue weighted by Gasteiger charge is -2.33. The Morgan fingerprint density at radius 3 is 2.87 bits per heavy atom. The summed E-state index contributed by atoms with van der Waals surface area (Å²) in [4.78, 5) is 4.51. The highest BCUT2D eigenvalue weighted by atomic mass is 32.2. The van der Waals surface area contributed by atoms with Crippen LogP contribution in [0.15, 0.2) is 17.2 Å². The summed E-state index contributed by atoms with van der Waals surface area (Å²) in [6.45, 7) is 4.81. The minimum absolute atomic E-state index is 0.00540. The van der Waals surface area contributed by atoms with E-state index in [9.17, 15) is 8.42 Å². The Labute approximate surface area is 136 Å². The molecule has 3 rings (SSSR count). The Balaban J connectivity index is 1.97. The van der Waals surface area contributed by atoms with Crippen molar-refractivity contribution in [2.75, 3.05) is 13.1 Å². The molecule has 2 N–H and O–H groups in total. The molecule has 126 valence electrons. The van der Waals surface area contributed by atoms with Crippen molar-refractivity contribution in [3.63, 3.8) is 0 Å². The van der Waals surface area contributed by atoms with Gasteiger partial charge in [0.2, 0.25) is 10.0 Å². The molecular weight excluding hydrogens is 314 g/mol. The summed E-state index contributed by atoms with van der Waals surface area (Å²) >= 11 is 0. The molecule has 3 heterocycles. The third-order valence-corrected chi connectivity index (χ3v) is 6.47. The first kappa shape index (κ1) is 16.4. The van der Waals surface area contributed by atoms with Crippen LogP contribution in [0.25, 0.3) is 11.0 Å². The van der Waals surface area contributed by atoms with Crippen LogP contribution < -0.4 is 5.73 Å². The van der Waals surface area contributed by atoms with Crippen LogP contribution in [0, 0.1) is 12.8 Å². The fraction of sp³-hybridized carbons (Fsp3) is 0.600. The number of nitrogens with two attached hydrogens (primary N) is 1. The molecule has 2 unspecified atom stereocenters. The number of piperidine rings is 1. The SMILES string of the molecule is Cc1nn(C)c2ncc(S(=O)(=O)N3CCCC(C(C)N)C3)cc12. The van der Waals surface area contributed by atoms with Gasteiger partial charge in [-0.2, -0.15) is 9.40 Å². The number of rotatable bonds is 3. The Hall–Kier alpha value is -1.51. The number of pyridine rings is 1. The largest absolute Gasteiger partial charge is 0.328 e. The minimum Gasteiger partial charge on any atom is -0.328 e. The number of hydrogen-bond acceptors (Lipinski definition) is 5. The van der Waals surface area contributed by atoms with Crippen LogP contribution in [-0.2, 0) is 17.1 Å². The molecule has 2 aromatic rings. The fourth-order valence-corrected chi connectivity index (χ4v) is 4.71. The quantitative estimate of drug-likeness (QED) is 0.902. The predicted octanol–water partition coefficient (Wildman–Crippen LogP) is 1.02. The van der Waals surface area contributed by atoms with E-state index < -0.39 is 10.0 Å². The average Bonchev–Trinajstić information content (AvgIpc) is 2.81. The molecule has 23 heavy (non-hydrogen) atoms. The van der Waals surface area contributed by atoms with Crippen LogP contribution in [0.5, 0.6) is 0 Å². The molecular formula is C15H23N5O2S. The molecule has 0 aliphatic carbocycles. The van der Waals surface area contributed by atoms with Gasteiger partial charge in [0.15, 0.2) is 5.65 Å². The Bertz CT molecular complexity index is 828. The van der Waals surface area contributed by atoms with Crippen molar-refractivity contribution in [3.8, 4) is 0 Å². The van der Waals surface area contributed by atoms with E-state index in [1.165, 1.54) is 6.20 Å². The number of aromatic nitrogens is 3. The lowest BCUT2D eigenvalue weighted by atomic mass is 9.93. The summed E-state index contributed by atoms with van der Waals surface area (Å²) in [6.07, 6.45) is 3.24. The molecule has 2 aromatic heterocycles. The van der Waals surface area contributed by atoms with Gasteiger partial charge in [-0.25, -0.2) is 13.4 Å². The second kappa shape index (κ2) is 5.85. The first-order valence-electron chi connectivity index (χ1n) is 7.86. The van der Waals surface area contributed by atoms with Crippen molar-refractivity contribution in [3.05, 3.63) is 18.0 Å². The van der Waals surface area contributed by atoms with Gasteiger partial charge in [0.05, 0.1) is 5.69 Å². The molecule has 1 fully saturated rings. The standard InChI is InChI=1S/C15H23N5O2S/c1-10(16)12-5-4-6-20(9-12)23(21,22)13-7-14-11(2)18-19(3)15(14)17-8-13/h7-8,10,12H,4-6,9,16H2,1-3H3. The normalized spacial score (nSPS) is 21.7. The third-order valence-electron chi connectivity index (χ3n) is 4.64. The van der Waals surface area contributed by atoms with Crippen LogP contribution in [0.2, 0.25) is 0 Å². The number of nitrogens with zero attached hydrogens (tertiary/aromatic N) is 4. The maximum Gasteiger partial charge on any atom is 0.244 e. The monoisotopic (exact) mass is 337 g/mol. The molecule has 1 aliphatic heterocycles. The van der Waals surface area contributed by atoms with Gasteiger partial charge >= 0.3 is 0 Å². The number of aryl methyl sites for hydroxylation is 2. The van der Waals surface area contributed by atoms with E-state index in [1.807, 2.05) is 13.8 Å². The second-order valence-electron chi connectivity index (χ2n) is 6.38. The first-order chi connectivity index (χ1) is 10.8. The number of fused-ring (bicyclic) bond motifs is 1. The molecule has 0 spiro atoms. The molecule has 8 heteroatoms. The van der Waals surface area contributed by atoms with Crippen molar-refractivity contribution < 1.29 is 8.42 Å². The second-order valence-corrected chi connectivity index (χ2v) is 8.31. The van der Waals surface area contributed by atoms with Gasteiger partial charge in [0.1, 0.15) is 4.90 Å². The van der Waals surface area contributed by atoms with Crippen molar-refractivity contribution >= 4 is 21.1 Å². The fourth-order valence-electron chi connectivity index (χ4n) is 3.20. The molecule has 1 saturated heterocycles. The summed E-state index contributed by atoms with van der Waals surface area (Å²) in [7, 11) is -1.75. The van der Waals surface area contributed by atoms with E-state index in [4.69, 9.17) is 5.73 Å². The van der Waals surface area contributed by atoms with Crippen LogP contribution in [0.4, 0.5) is 0 Å². The zero-order valence-electron chi connectivity index (χ0n) is 13.7. The summed E-state index contributed by atoms with van der Waals surface area (Å²) < 4.78 is 29.1. The van der Waals surface area contributed by atoms with Crippen LogP contribution >= 0.6 is 0 Å². The highest BCUT2D eigenvalue weighted by Crippen LogP contribution is 2.26. The van der Waals surface area contributed by atoms with Crippen LogP contribution in [-0.4, -0.2) is 46.6 Å². The van der Waals surface area contributed by atoms with E-state index in [2.05, 4.69) is 10.1 Å². The number of hydrogen-bond donors (Lipinski definition) is 1. The predicted molar refractivity (Wildman–Crippen MR) is 88.4 cm³/mol. The summed E-state index contributed by atoms with van der Waals surface area (Å²) in [5, 5.41) is 5.06. The molecule has 0 radical (unpaired) electrons. The van der Waals surface area contributed by atoms with Crippen molar-refractivity contribution in [1.82, 2.24) is 19.1 Å². The van der Waals surface area contributed by atoms with E-state index in [-0.39, 0.29) is 16.9 Å². The lowest BCUT2D eigenvalue weighted by Crippen LogP contribution is -2.44. The smallest absolute Gasteiger partial charge is 0.244 e. The zero-order valence-corrected chi connectivity index (χ0v) is 14.5. The van der Waals surface area contributed by atoms with Crippen molar-refractivity contribution in [1.29, 1.82) is 0 Å². The maximum absolute atomic E-state index is 12.9. The van der Waals surface area contributed by atoms with Crippen molar-refractivity contribution in [2.24, 2.45) is 18.7 Å². The summed E-state index contributed by atoms with van der Waals surface area (Å²) in [6, 6.07) is 1.67. The van der Waals surface area contributed by atoms with Crippen LogP contribution in [0.3, 0.4) is 0 Å². The van der Waals surface area contributed by atoms with Gasteiger partial charge in [-0.05, 0) is 38.7 Å². The lowest BCUT2D eigenvalue weighted by molar-refractivity contribution is 0.243. The average molecular weight is 337 g/mol. The molecule has 0 aromatic carbocycles. The Kier molecular flexibility index (Phi) is 4.16. The number of sulfonamides is 1. The third kappa shape index (κ3) is 2.86. The highest BCUT2D eigenvalue weighted by molar-refractivity contribution is 7.89. The van der Waals surface area contributed by atoms with E-state index >= 15 is 0 Å². The zero-order chi connectivity index (χ0) is 16.8. The Morgan fingerprint density at radius 1 is 1.43 bits per heavy atom. The van der Waals surface area contributed by atoms with Gasteiger partial charge < -0.3 is 5.73 Å². The van der Waals surface area contributed by atoms with Gasteiger partial charge in [0, 0.05) is 37.8 Å². The molecule has 7 nitrogen and oxygen atoms in total.